The van der Waals surface area contributed by atoms with Gasteiger partial charge in [0.15, 0.2) is 0 Å². The van der Waals surface area contributed by atoms with Crippen molar-refractivity contribution in [3.63, 3.8) is 0 Å². The van der Waals surface area contributed by atoms with Crippen LogP contribution in [-0.2, 0) is 0 Å². The quantitative estimate of drug-likeness (QED) is 0.894. The average molecular weight is 276 g/mol. The first-order chi connectivity index (χ1) is 9.65. The molecule has 4 nitrogen and oxygen atoms in total. The molecule has 1 atom stereocenters. The van der Waals surface area contributed by atoms with Gasteiger partial charge in [-0.3, -0.25) is 4.98 Å². The van der Waals surface area contributed by atoms with E-state index in [4.69, 9.17) is 0 Å². The molecular weight excluding hydrogens is 248 g/mol. The highest BCUT2D eigenvalue weighted by molar-refractivity contribution is 5.45. The summed E-state index contributed by atoms with van der Waals surface area (Å²) >= 11 is 0. The summed E-state index contributed by atoms with van der Waals surface area (Å²) in [5.74, 6) is 0. The molecule has 0 aromatic carbocycles. The summed E-state index contributed by atoms with van der Waals surface area (Å²) in [4.78, 5) is 9.44. The minimum absolute atomic E-state index is 0.364. The summed E-state index contributed by atoms with van der Waals surface area (Å²) in [6.45, 7) is 4.45. The van der Waals surface area contributed by atoms with E-state index >= 15 is 0 Å². The lowest BCUT2D eigenvalue weighted by molar-refractivity contribution is 0.249. The van der Waals surface area contributed by atoms with Crippen molar-refractivity contribution in [1.82, 2.24) is 15.2 Å². The SMILES string of the molecule is CCC(NC)c1ccc(N2CCC(N(C)C)CC2)cn1. The van der Waals surface area contributed by atoms with E-state index in [1.807, 2.05) is 13.2 Å². The van der Waals surface area contributed by atoms with Gasteiger partial charge in [0.1, 0.15) is 0 Å². The number of aromatic nitrogens is 1. The molecule has 20 heavy (non-hydrogen) atoms. The van der Waals surface area contributed by atoms with Crippen LogP contribution in [0.1, 0.15) is 37.9 Å². The largest absolute Gasteiger partial charge is 0.370 e. The Bertz CT molecular complexity index is 389. The third kappa shape index (κ3) is 3.49. The first-order valence-corrected chi connectivity index (χ1v) is 7.70. The number of hydrogen-bond donors (Lipinski definition) is 1. The molecule has 0 radical (unpaired) electrons. The number of nitrogens with one attached hydrogen (secondary N) is 1. The van der Waals surface area contributed by atoms with Gasteiger partial charge in [0.2, 0.25) is 0 Å². The molecule has 1 aromatic rings. The predicted octanol–water partition coefficient (Wildman–Crippen LogP) is 2.28. The topological polar surface area (TPSA) is 31.4 Å². The molecule has 1 aliphatic heterocycles. The second kappa shape index (κ2) is 7.04. The van der Waals surface area contributed by atoms with E-state index in [0.717, 1.165) is 31.2 Å². The lowest BCUT2D eigenvalue weighted by Crippen LogP contribution is -2.42. The van der Waals surface area contributed by atoms with Crippen molar-refractivity contribution >= 4 is 5.69 Å². The second-order valence-electron chi connectivity index (χ2n) is 5.87. The summed E-state index contributed by atoms with van der Waals surface area (Å²) in [6.07, 6.45) is 5.58. The summed E-state index contributed by atoms with van der Waals surface area (Å²) in [6, 6.07) is 5.48. The summed E-state index contributed by atoms with van der Waals surface area (Å²) in [5, 5.41) is 3.30. The zero-order valence-electron chi connectivity index (χ0n) is 13.3. The summed E-state index contributed by atoms with van der Waals surface area (Å²) in [7, 11) is 6.36. The first-order valence-electron chi connectivity index (χ1n) is 7.70. The van der Waals surface area contributed by atoms with E-state index in [-0.39, 0.29) is 0 Å². The molecule has 1 fully saturated rings. The second-order valence-corrected chi connectivity index (χ2v) is 5.87. The number of hydrogen-bond acceptors (Lipinski definition) is 4. The highest BCUT2D eigenvalue weighted by atomic mass is 15.2. The van der Waals surface area contributed by atoms with Crippen LogP contribution in [0.3, 0.4) is 0 Å². The Labute approximate surface area is 123 Å². The van der Waals surface area contributed by atoms with Gasteiger partial charge in [-0.1, -0.05) is 6.92 Å². The fraction of sp³-hybridized carbons (Fsp3) is 0.688. The van der Waals surface area contributed by atoms with Crippen LogP contribution in [0.15, 0.2) is 18.3 Å². The van der Waals surface area contributed by atoms with Crippen LogP contribution in [0.5, 0.6) is 0 Å². The molecule has 0 saturated carbocycles. The molecule has 4 heteroatoms. The molecular formula is C16H28N4. The fourth-order valence-corrected chi connectivity index (χ4v) is 2.99. The van der Waals surface area contributed by atoms with Crippen LogP contribution in [0, 0.1) is 0 Å². The van der Waals surface area contributed by atoms with Gasteiger partial charge in [0.25, 0.3) is 0 Å². The Balaban J connectivity index is 1.97. The lowest BCUT2D eigenvalue weighted by Gasteiger charge is -2.36. The maximum Gasteiger partial charge on any atom is 0.0574 e. The lowest BCUT2D eigenvalue weighted by atomic mass is 10.0. The number of piperidine rings is 1. The average Bonchev–Trinajstić information content (AvgIpc) is 2.49. The van der Waals surface area contributed by atoms with Crippen LogP contribution >= 0.6 is 0 Å². The molecule has 0 spiro atoms. The molecule has 2 heterocycles. The van der Waals surface area contributed by atoms with Crippen molar-refractivity contribution in [2.45, 2.75) is 38.3 Å². The Morgan fingerprint density at radius 2 is 2.05 bits per heavy atom. The van der Waals surface area contributed by atoms with E-state index in [1.165, 1.54) is 18.5 Å². The molecule has 1 aliphatic rings. The monoisotopic (exact) mass is 276 g/mol. The van der Waals surface area contributed by atoms with E-state index < -0.39 is 0 Å². The zero-order valence-corrected chi connectivity index (χ0v) is 13.3. The van der Waals surface area contributed by atoms with E-state index in [2.05, 4.69) is 53.3 Å². The molecule has 1 saturated heterocycles. The van der Waals surface area contributed by atoms with Crippen LogP contribution < -0.4 is 10.2 Å². The molecule has 0 amide bonds. The van der Waals surface area contributed by atoms with E-state index in [1.54, 1.807) is 0 Å². The number of rotatable bonds is 5. The minimum atomic E-state index is 0.364. The van der Waals surface area contributed by atoms with Gasteiger partial charge in [0.05, 0.1) is 17.6 Å². The third-order valence-electron chi connectivity index (χ3n) is 4.44. The van der Waals surface area contributed by atoms with Crippen LogP contribution in [0.2, 0.25) is 0 Å². The Kier molecular flexibility index (Phi) is 5.38. The maximum atomic E-state index is 4.64. The van der Waals surface area contributed by atoms with Crippen molar-refractivity contribution in [3.8, 4) is 0 Å². The van der Waals surface area contributed by atoms with Crippen molar-refractivity contribution < 1.29 is 0 Å². The van der Waals surface area contributed by atoms with Crippen LogP contribution in [0.4, 0.5) is 5.69 Å². The van der Waals surface area contributed by atoms with Crippen molar-refractivity contribution in [1.29, 1.82) is 0 Å². The Morgan fingerprint density at radius 1 is 1.35 bits per heavy atom. The highest BCUT2D eigenvalue weighted by Gasteiger charge is 2.21. The highest BCUT2D eigenvalue weighted by Crippen LogP contribution is 2.22. The molecule has 1 aromatic heterocycles. The van der Waals surface area contributed by atoms with Crippen molar-refractivity contribution in [2.75, 3.05) is 39.1 Å². The van der Waals surface area contributed by atoms with Crippen LogP contribution in [-0.4, -0.2) is 50.2 Å². The summed E-state index contributed by atoms with van der Waals surface area (Å²) in [5.41, 5.74) is 2.40. The smallest absolute Gasteiger partial charge is 0.0574 e. The van der Waals surface area contributed by atoms with E-state index in [0.29, 0.717) is 6.04 Å². The fourth-order valence-electron chi connectivity index (χ4n) is 2.99. The van der Waals surface area contributed by atoms with E-state index in [9.17, 15) is 0 Å². The van der Waals surface area contributed by atoms with Gasteiger partial charge in [-0.15, -0.1) is 0 Å². The van der Waals surface area contributed by atoms with Crippen molar-refractivity contribution in [2.24, 2.45) is 0 Å². The van der Waals surface area contributed by atoms with Gasteiger partial charge < -0.3 is 15.1 Å². The number of anilines is 1. The standard InChI is InChI=1S/C16H28N4/c1-5-15(17-2)16-7-6-14(12-18-16)20-10-8-13(9-11-20)19(3)4/h6-7,12-13,15,17H,5,8-11H2,1-4H3. The normalized spacial score (nSPS) is 18.6. The first kappa shape index (κ1) is 15.3. The maximum absolute atomic E-state index is 4.64. The summed E-state index contributed by atoms with van der Waals surface area (Å²) < 4.78 is 0. The number of nitrogens with zero attached hydrogens (tertiary/aromatic N) is 3. The molecule has 112 valence electrons. The number of pyridine rings is 1. The molecule has 0 bridgehead atoms. The molecule has 1 N–H and O–H groups in total. The van der Waals surface area contributed by atoms with Gasteiger partial charge in [-0.05, 0) is 52.5 Å². The Hall–Kier alpha value is -1.13. The minimum Gasteiger partial charge on any atom is -0.370 e. The molecule has 0 aliphatic carbocycles. The van der Waals surface area contributed by atoms with Gasteiger partial charge in [-0.2, -0.15) is 0 Å². The third-order valence-corrected chi connectivity index (χ3v) is 4.44. The van der Waals surface area contributed by atoms with Gasteiger partial charge in [0, 0.05) is 25.2 Å². The van der Waals surface area contributed by atoms with Crippen LogP contribution in [0.25, 0.3) is 0 Å². The molecule has 2 rings (SSSR count). The van der Waals surface area contributed by atoms with Gasteiger partial charge in [-0.25, -0.2) is 0 Å². The zero-order chi connectivity index (χ0) is 14.5. The van der Waals surface area contributed by atoms with Gasteiger partial charge >= 0.3 is 0 Å². The Morgan fingerprint density at radius 3 is 2.50 bits per heavy atom. The van der Waals surface area contributed by atoms with Crippen molar-refractivity contribution in [3.05, 3.63) is 24.0 Å². The molecule has 1 unspecified atom stereocenters. The predicted molar refractivity (Wildman–Crippen MR) is 85.3 cm³/mol.